The largest absolute Gasteiger partial charge is 0.480 e. The third kappa shape index (κ3) is 7.89. The Kier molecular flexibility index (Phi) is 9.49. The van der Waals surface area contributed by atoms with E-state index >= 15 is 0 Å². The Hall–Kier alpha value is -4.25. The van der Waals surface area contributed by atoms with Gasteiger partial charge in [-0.3, -0.25) is 9.78 Å². The van der Waals surface area contributed by atoms with Crippen molar-refractivity contribution in [3.63, 3.8) is 0 Å². The van der Waals surface area contributed by atoms with Gasteiger partial charge in [0.15, 0.2) is 0 Å². The number of nitrogens with zero attached hydrogens (tertiary/aromatic N) is 1. The average Bonchev–Trinajstić information content (AvgIpc) is 2.94. The highest BCUT2D eigenvalue weighted by Gasteiger charge is 2.26. The van der Waals surface area contributed by atoms with Crippen molar-refractivity contribution < 1.29 is 23.1 Å². The van der Waals surface area contributed by atoms with Crippen LogP contribution in [0.2, 0.25) is 5.02 Å². The van der Waals surface area contributed by atoms with Crippen LogP contribution in [0.4, 0.5) is 10.5 Å². The summed E-state index contributed by atoms with van der Waals surface area (Å²) in [5.41, 5.74) is 3.36. The van der Waals surface area contributed by atoms with Gasteiger partial charge in [-0.05, 0) is 60.0 Å². The lowest BCUT2D eigenvalue weighted by molar-refractivity contribution is -0.138. The lowest BCUT2D eigenvalue weighted by atomic mass is 9.98. The maximum atomic E-state index is 12.8. The second-order valence-electron chi connectivity index (χ2n) is 8.87. The van der Waals surface area contributed by atoms with Gasteiger partial charge in [-0.25, -0.2) is 13.2 Å². The number of hydrogen-bond acceptors (Lipinski definition) is 5. The van der Waals surface area contributed by atoms with E-state index in [4.69, 9.17) is 11.6 Å². The minimum atomic E-state index is -4.13. The number of benzene rings is 3. The van der Waals surface area contributed by atoms with Gasteiger partial charge in [-0.15, -0.1) is 0 Å². The SMILES string of the molecule is O=C(NCCc1ccccn1)Nc1cc(CC(NS(=O)(=O)c2ccc(Cl)cc2)C(=O)O)ccc1-c1ccccc1. The van der Waals surface area contributed by atoms with Crippen LogP contribution in [0.3, 0.4) is 0 Å². The van der Waals surface area contributed by atoms with E-state index in [-0.39, 0.29) is 11.3 Å². The zero-order valence-corrected chi connectivity index (χ0v) is 22.8. The van der Waals surface area contributed by atoms with Gasteiger partial charge < -0.3 is 15.7 Å². The standard InChI is InChI=1S/C29H27ClN4O5S/c30-22-10-12-24(13-11-22)40(38,39)34-27(28(35)36)19-20-9-14-25(21-6-2-1-3-7-21)26(18-20)33-29(37)32-17-15-23-8-4-5-16-31-23/h1-14,16,18,27,34H,15,17,19H2,(H,35,36)(H2,32,33,37). The molecule has 1 atom stereocenters. The number of carbonyl (C=O) groups excluding carboxylic acids is 1. The minimum absolute atomic E-state index is 0.104. The number of carbonyl (C=O) groups is 2. The van der Waals surface area contributed by atoms with Gasteiger partial charge in [0.2, 0.25) is 10.0 Å². The molecule has 4 N–H and O–H groups in total. The zero-order valence-electron chi connectivity index (χ0n) is 21.2. The number of carboxylic acids is 1. The van der Waals surface area contributed by atoms with Crippen molar-refractivity contribution in [1.82, 2.24) is 15.0 Å². The molecule has 0 radical (unpaired) electrons. The fourth-order valence-electron chi connectivity index (χ4n) is 3.99. The molecule has 40 heavy (non-hydrogen) atoms. The molecule has 1 aromatic heterocycles. The molecule has 4 rings (SSSR count). The summed E-state index contributed by atoms with van der Waals surface area (Å²) in [6.07, 6.45) is 2.08. The molecule has 2 amide bonds. The van der Waals surface area contributed by atoms with Crippen molar-refractivity contribution in [2.75, 3.05) is 11.9 Å². The topological polar surface area (TPSA) is 137 Å². The molecule has 0 aliphatic rings. The molecular formula is C29H27ClN4O5S. The van der Waals surface area contributed by atoms with Crippen LogP contribution in [0.5, 0.6) is 0 Å². The molecule has 0 saturated carbocycles. The summed E-state index contributed by atoms with van der Waals surface area (Å²) in [5.74, 6) is -1.34. The summed E-state index contributed by atoms with van der Waals surface area (Å²) in [7, 11) is -4.13. The number of sulfonamides is 1. The minimum Gasteiger partial charge on any atom is -0.480 e. The van der Waals surface area contributed by atoms with Crippen LogP contribution < -0.4 is 15.4 Å². The first-order chi connectivity index (χ1) is 19.2. The Bertz CT molecular complexity index is 1570. The summed E-state index contributed by atoms with van der Waals surface area (Å²) >= 11 is 5.84. The monoisotopic (exact) mass is 578 g/mol. The molecule has 0 fully saturated rings. The van der Waals surface area contributed by atoms with Crippen molar-refractivity contribution in [2.45, 2.75) is 23.8 Å². The lowest BCUT2D eigenvalue weighted by Crippen LogP contribution is -2.42. The third-order valence-corrected chi connectivity index (χ3v) is 7.71. The molecule has 0 aliphatic carbocycles. The zero-order chi connectivity index (χ0) is 28.5. The number of aliphatic carboxylic acids is 1. The normalized spacial score (nSPS) is 11.9. The van der Waals surface area contributed by atoms with Crippen LogP contribution in [0.15, 0.2) is 102 Å². The van der Waals surface area contributed by atoms with Crippen molar-refractivity contribution in [3.8, 4) is 11.1 Å². The molecule has 4 aromatic rings. The smallest absolute Gasteiger partial charge is 0.322 e. The number of anilines is 1. The number of amides is 2. The van der Waals surface area contributed by atoms with Gasteiger partial charge in [-0.1, -0.05) is 60.1 Å². The second kappa shape index (κ2) is 13.2. The molecule has 0 aliphatic heterocycles. The molecule has 206 valence electrons. The first-order valence-corrected chi connectivity index (χ1v) is 14.2. The van der Waals surface area contributed by atoms with E-state index in [9.17, 15) is 23.1 Å². The summed E-state index contributed by atoms with van der Waals surface area (Å²) in [6.45, 7) is 0.358. The Balaban J connectivity index is 1.53. The van der Waals surface area contributed by atoms with E-state index < -0.39 is 28.1 Å². The van der Waals surface area contributed by atoms with E-state index in [1.807, 2.05) is 48.5 Å². The summed E-state index contributed by atoms with van der Waals surface area (Å²) in [5, 5.41) is 15.8. The maximum Gasteiger partial charge on any atom is 0.322 e. The fourth-order valence-corrected chi connectivity index (χ4v) is 5.31. The molecule has 0 saturated heterocycles. The van der Waals surface area contributed by atoms with Gasteiger partial charge in [0, 0.05) is 35.4 Å². The van der Waals surface area contributed by atoms with Crippen LogP contribution in [-0.4, -0.2) is 43.1 Å². The Morgan fingerprint density at radius 2 is 1.65 bits per heavy atom. The van der Waals surface area contributed by atoms with Crippen LogP contribution >= 0.6 is 11.6 Å². The molecule has 3 aromatic carbocycles. The number of nitrogens with one attached hydrogen (secondary N) is 3. The van der Waals surface area contributed by atoms with Crippen LogP contribution in [0, 0.1) is 0 Å². The Morgan fingerprint density at radius 3 is 2.33 bits per heavy atom. The molecule has 11 heteroatoms. The number of aromatic nitrogens is 1. The summed E-state index contributed by atoms with van der Waals surface area (Å²) < 4.78 is 27.9. The first-order valence-electron chi connectivity index (χ1n) is 12.3. The number of carboxylic acid groups (broad SMARTS) is 1. The molecule has 1 unspecified atom stereocenters. The van der Waals surface area contributed by atoms with E-state index in [1.165, 1.54) is 24.3 Å². The first kappa shape index (κ1) is 28.8. The predicted molar refractivity (Wildman–Crippen MR) is 154 cm³/mol. The van der Waals surface area contributed by atoms with Gasteiger partial charge in [0.05, 0.1) is 10.6 Å². The van der Waals surface area contributed by atoms with E-state index in [1.54, 1.807) is 24.4 Å². The van der Waals surface area contributed by atoms with Crippen LogP contribution in [-0.2, 0) is 27.7 Å². The number of urea groups is 1. The van der Waals surface area contributed by atoms with Gasteiger partial charge in [-0.2, -0.15) is 4.72 Å². The molecule has 9 nitrogen and oxygen atoms in total. The van der Waals surface area contributed by atoms with E-state index in [2.05, 4.69) is 20.3 Å². The lowest BCUT2D eigenvalue weighted by Gasteiger charge is -2.18. The third-order valence-electron chi connectivity index (χ3n) is 5.97. The van der Waals surface area contributed by atoms with Crippen molar-refractivity contribution in [3.05, 3.63) is 113 Å². The van der Waals surface area contributed by atoms with E-state index in [0.717, 1.165) is 16.8 Å². The number of rotatable bonds is 11. The second-order valence-corrected chi connectivity index (χ2v) is 11.0. The Morgan fingerprint density at radius 1 is 0.925 bits per heavy atom. The Labute approximate surface area is 237 Å². The molecule has 0 bridgehead atoms. The van der Waals surface area contributed by atoms with Gasteiger partial charge in [0.1, 0.15) is 6.04 Å². The predicted octanol–water partition coefficient (Wildman–Crippen LogP) is 4.74. The van der Waals surface area contributed by atoms with Crippen molar-refractivity contribution >= 4 is 39.3 Å². The fraction of sp³-hybridized carbons (Fsp3) is 0.138. The highest BCUT2D eigenvalue weighted by molar-refractivity contribution is 7.89. The quantitative estimate of drug-likeness (QED) is 0.203. The van der Waals surface area contributed by atoms with Gasteiger partial charge in [0.25, 0.3) is 0 Å². The van der Waals surface area contributed by atoms with Crippen molar-refractivity contribution in [1.29, 1.82) is 0 Å². The highest BCUT2D eigenvalue weighted by Crippen LogP contribution is 2.29. The van der Waals surface area contributed by atoms with Crippen LogP contribution in [0.1, 0.15) is 11.3 Å². The molecule has 0 spiro atoms. The summed E-state index contributed by atoms with van der Waals surface area (Å²) in [4.78, 5) is 28.9. The highest BCUT2D eigenvalue weighted by atomic mass is 35.5. The summed E-state index contributed by atoms with van der Waals surface area (Å²) in [6, 6.07) is 23.6. The number of pyridine rings is 1. The van der Waals surface area contributed by atoms with Crippen molar-refractivity contribution in [2.24, 2.45) is 0 Å². The number of halogens is 1. The maximum absolute atomic E-state index is 12.8. The number of hydrogen-bond donors (Lipinski definition) is 4. The van der Waals surface area contributed by atoms with E-state index in [0.29, 0.717) is 29.2 Å². The average molecular weight is 579 g/mol. The molecular weight excluding hydrogens is 552 g/mol. The van der Waals surface area contributed by atoms with Crippen LogP contribution in [0.25, 0.3) is 11.1 Å². The molecule has 1 heterocycles. The van der Waals surface area contributed by atoms with Gasteiger partial charge >= 0.3 is 12.0 Å².